The normalized spacial score (nSPS) is 23.9. The van der Waals surface area contributed by atoms with Gasteiger partial charge in [0.2, 0.25) is 0 Å². The molecule has 0 aromatic carbocycles. The molecule has 0 radical (unpaired) electrons. The fourth-order valence-electron chi connectivity index (χ4n) is 2.50. The van der Waals surface area contributed by atoms with E-state index >= 15 is 0 Å². The summed E-state index contributed by atoms with van der Waals surface area (Å²) < 4.78 is 1.81. The Morgan fingerprint density at radius 3 is 3.06 bits per heavy atom. The Balaban J connectivity index is 1.88. The largest absolute Gasteiger partial charge is 0.393 e. The zero-order valence-corrected chi connectivity index (χ0v) is 10.8. The molecule has 0 spiro atoms. The summed E-state index contributed by atoms with van der Waals surface area (Å²) in [5.74, 6) is 0.482. The zero-order valence-electron chi connectivity index (χ0n) is 10.8. The number of aromatic nitrogens is 2. The summed E-state index contributed by atoms with van der Waals surface area (Å²) in [4.78, 5) is 16.0. The standard InChI is InChI=1S/C13H21N3O2/c1-2-16-8-7-14-12(16)13(18)15-9-10-5-3-4-6-11(10)17/h7-8,10-11,17H,2-6,9H2,1H3,(H,15,18)/t10-,11+/m1/s1. The maximum Gasteiger partial charge on any atom is 0.287 e. The third-order valence-electron chi connectivity index (χ3n) is 3.65. The number of aliphatic hydroxyl groups excluding tert-OH is 1. The molecule has 100 valence electrons. The van der Waals surface area contributed by atoms with Crippen LogP contribution in [0.25, 0.3) is 0 Å². The van der Waals surface area contributed by atoms with Crippen LogP contribution in [0.3, 0.4) is 0 Å². The Labute approximate surface area is 107 Å². The van der Waals surface area contributed by atoms with Crippen LogP contribution in [0.2, 0.25) is 0 Å². The van der Waals surface area contributed by atoms with Crippen molar-refractivity contribution in [1.82, 2.24) is 14.9 Å². The molecule has 0 saturated heterocycles. The van der Waals surface area contributed by atoms with Gasteiger partial charge in [0, 0.05) is 31.4 Å². The van der Waals surface area contributed by atoms with Crippen LogP contribution in [-0.4, -0.2) is 33.2 Å². The van der Waals surface area contributed by atoms with E-state index in [0.717, 1.165) is 32.2 Å². The summed E-state index contributed by atoms with van der Waals surface area (Å²) >= 11 is 0. The minimum atomic E-state index is -0.273. The number of aryl methyl sites for hydroxylation is 1. The minimum absolute atomic E-state index is 0.153. The van der Waals surface area contributed by atoms with Crippen molar-refractivity contribution in [3.05, 3.63) is 18.2 Å². The second-order valence-corrected chi connectivity index (χ2v) is 4.86. The van der Waals surface area contributed by atoms with Crippen molar-refractivity contribution in [3.8, 4) is 0 Å². The second kappa shape index (κ2) is 6.00. The Kier molecular flexibility index (Phi) is 4.36. The van der Waals surface area contributed by atoms with Gasteiger partial charge in [-0.3, -0.25) is 4.79 Å². The molecule has 0 aliphatic heterocycles. The van der Waals surface area contributed by atoms with Crippen LogP contribution in [-0.2, 0) is 6.54 Å². The molecule has 2 atom stereocenters. The molecule has 1 aliphatic rings. The monoisotopic (exact) mass is 251 g/mol. The number of hydrogen-bond acceptors (Lipinski definition) is 3. The van der Waals surface area contributed by atoms with E-state index in [4.69, 9.17) is 0 Å². The van der Waals surface area contributed by atoms with Crippen LogP contribution in [0.1, 0.15) is 43.2 Å². The van der Waals surface area contributed by atoms with Crippen molar-refractivity contribution in [2.24, 2.45) is 5.92 Å². The van der Waals surface area contributed by atoms with Crippen LogP contribution in [0.5, 0.6) is 0 Å². The summed E-state index contributed by atoms with van der Waals surface area (Å²) in [6.45, 7) is 3.24. The summed E-state index contributed by atoms with van der Waals surface area (Å²) in [7, 11) is 0. The number of rotatable bonds is 4. The number of hydrogen-bond donors (Lipinski definition) is 2. The maximum atomic E-state index is 12.0. The van der Waals surface area contributed by atoms with Gasteiger partial charge < -0.3 is 15.0 Å². The fraction of sp³-hybridized carbons (Fsp3) is 0.692. The molecule has 0 bridgehead atoms. The second-order valence-electron chi connectivity index (χ2n) is 4.86. The first-order chi connectivity index (χ1) is 8.72. The Morgan fingerprint density at radius 1 is 1.56 bits per heavy atom. The van der Waals surface area contributed by atoms with Gasteiger partial charge in [0.05, 0.1) is 6.10 Å². The minimum Gasteiger partial charge on any atom is -0.393 e. The molecule has 5 heteroatoms. The van der Waals surface area contributed by atoms with Crippen molar-refractivity contribution >= 4 is 5.91 Å². The number of nitrogens with zero attached hydrogens (tertiary/aromatic N) is 2. The van der Waals surface area contributed by atoms with Gasteiger partial charge in [0.15, 0.2) is 5.82 Å². The van der Waals surface area contributed by atoms with Crippen molar-refractivity contribution in [2.45, 2.75) is 45.3 Å². The van der Waals surface area contributed by atoms with Crippen molar-refractivity contribution in [3.63, 3.8) is 0 Å². The predicted octanol–water partition coefficient (Wildman–Crippen LogP) is 1.18. The van der Waals surface area contributed by atoms with Crippen LogP contribution < -0.4 is 5.32 Å². The van der Waals surface area contributed by atoms with E-state index in [0.29, 0.717) is 12.4 Å². The zero-order chi connectivity index (χ0) is 13.0. The first-order valence-corrected chi connectivity index (χ1v) is 6.69. The molecule has 1 fully saturated rings. The Hall–Kier alpha value is -1.36. The van der Waals surface area contributed by atoms with E-state index in [1.165, 1.54) is 0 Å². The first kappa shape index (κ1) is 13.1. The quantitative estimate of drug-likeness (QED) is 0.844. The van der Waals surface area contributed by atoms with Gasteiger partial charge >= 0.3 is 0 Å². The summed E-state index contributed by atoms with van der Waals surface area (Å²) in [6, 6.07) is 0. The third-order valence-corrected chi connectivity index (χ3v) is 3.65. The number of carbonyl (C=O) groups is 1. The lowest BCUT2D eigenvalue weighted by atomic mass is 9.86. The maximum absolute atomic E-state index is 12.0. The number of carbonyl (C=O) groups excluding carboxylic acids is 1. The van der Waals surface area contributed by atoms with Gasteiger partial charge in [0.1, 0.15) is 0 Å². The number of amides is 1. The third kappa shape index (κ3) is 2.90. The lowest BCUT2D eigenvalue weighted by Crippen LogP contribution is -2.37. The fourth-order valence-corrected chi connectivity index (χ4v) is 2.50. The van der Waals surface area contributed by atoms with E-state index in [1.807, 2.05) is 11.5 Å². The Bertz CT molecular complexity index is 403. The number of aliphatic hydroxyl groups is 1. The molecule has 1 saturated carbocycles. The highest BCUT2D eigenvalue weighted by molar-refractivity contribution is 5.90. The van der Waals surface area contributed by atoms with Gasteiger partial charge in [-0.15, -0.1) is 0 Å². The molecule has 1 heterocycles. The van der Waals surface area contributed by atoms with Gasteiger partial charge in [-0.25, -0.2) is 4.98 Å². The molecule has 1 aromatic rings. The van der Waals surface area contributed by atoms with E-state index in [2.05, 4.69) is 10.3 Å². The molecule has 2 rings (SSSR count). The molecule has 1 amide bonds. The van der Waals surface area contributed by atoms with Crippen LogP contribution in [0, 0.1) is 5.92 Å². The molecule has 0 unspecified atom stereocenters. The number of imidazole rings is 1. The average molecular weight is 251 g/mol. The molecular formula is C13H21N3O2. The van der Waals surface area contributed by atoms with E-state index < -0.39 is 0 Å². The number of nitrogens with one attached hydrogen (secondary N) is 1. The molecule has 1 aromatic heterocycles. The molecular weight excluding hydrogens is 230 g/mol. The lowest BCUT2D eigenvalue weighted by Gasteiger charge is -2.27. The van der Waals surface area contributed by atoms with Crippen molar-refractivity contribution in [1.29, 1.82) is 0 Å². The van der Waals surface area contributed by atoms with Gasteiger partial charge in [-0.1, -0.05) is 12.8 Å². The molecule has 2 N–H and O–H groups in total. The van der Waals surface area contributed by atoms with Crippen molar-refractivity contribution in [2.75, 3.05) is 6.54 Å². The SMILES string of the molecule is CCn1ccnc1C(=O)NC[C@H]1CCCC[C@@H]1O. The van der Waals surface area contributed by atoms with Crippen LogP contribution in [0.4, 0.5) is 0 Å². The molecule has 18 heavy (non-hydrogen) atoms. The van der Waals surface area contributed by atoms with E-state index in [9.17, 15) is 9.90 Å². The predicted molar refractivity (Wildman–Crippen MR) is 68.2 cm³/mol. The van der Waals surface area contributed by atoms with E-state index in [1.54, 1.807) is 12.4 Å². The topological polar surface area (TPSA) is 67.2 Å². The summed E-state index contributed by atoms with van der Waals surface area (Å²) in [5, 5.41) is 12.7. The summed E-state index contributed by atoms with van der Waals surface area (Å²) in [5.41, 5.74) is 0. The highest BCUT2D eigenvalue weighted by atomic mass is 16.3. The van der Waals surface area contributed by atoms with Gasteiger partial charge in [0.25, 0.3) is 5.91 Å². The smallest absolute Gasteiger partial charge is 0.287 e. The van der Waals surface area contributed by atoms with Crippen LogP contribution in [0.15, 0.2) is 12.4 Å². The highest BCUT2D eigenvalue weighted by Crippen LogP contribution is 2.23. The molecule has 5 nitrogen and oxygen atoms in total. The van der Waals surface area contributed by atoms with E-state index in [-0.39, 0.29) is 17.9 Å². The van der Waals surface area contributed by atoms with Crippen LogP contribution >= 0.6 is 0 Å². The molecule has 1 aliphatic carbocycles. The average Bonchev–Trinajstić information content (AvgIpc) is 2.86. The van der Waals surface area contributed by atoms with Gasteiger partial charge in [-0.05, 0) is 19.8 Å². The summed E-state index contributed by atoms with van der Waals surface area (Å²) in [6.07, 6.45) is 7.23. The highest BCUT2D eigenvalue weighted by Gasteiger charge is 2.24. The lowest BCUT2D eigenvalue weighted by molar-refractivity contribution is 0.0659. The van der Waals surface area contributed by atoms with Crippen molar-refractivity contribution < 1.29 is 9.90 Å². The Morgan fingerprint density at radius 2 is 2.33 bits per heavy atom. The van der Waals surface area contributed by atoms with Gasteiger partial charge in [-0.2, -0.15) is 0 Å². The first-order valence-electron chi connectivity index (χ1n) is 6.69.